The lowest BCUT2D eigenvalue weighted by molar-refractivity contribution is -0.157. The molecule has 190 valence electrons. The van der Waals surface area contributed by atoms with E-state index in [-0.39, 0.29) is 42.3 Å². The van der Waals surface area contributed by atoms with Gasteiger partial charge in [-0.25, -0.2) is 5.01 Å². The van der Waals surface area contributed by atoms with Gasteiger partial charge in [0.15, 0.2) is 6.61 Å². The Kier molecular flexibility index (Phi) is 6.68. The molecular formula is C30H28Cl2N2O3. The SMILES string of the molecule is O=C(OCC(=O)N1N=C2/C(=C\c3ccc(Cl)cc3)CCC[C@@H]2[C@H]1c1ccc(Cl)cc1)[C@H]1C[C@H]2C=C[C@H]1C2. The van der Waals surface area contributed by atoms with Gasteiger partial charge < -0.3 is 4.74 Å². The Morgan fingerprint density at radius 1 is 1.00 bits per heavy atom. The van der Waals surface area contributed by atoms with Crippen LogP contribution in [0, 0.1) is 23.7 Å². The molecule has 2 aromatic carbocycles. The number of allylic oxidation sites excluding steroid dienone is 3. The summed E-state index contributed by atoms with van der Waals surface area (Å²) in [5.74, 6) is 0.0389. The lowest BCUT2D eigenvalue weighted by Crippen LogP contribution is -2.35. The summed E-state index contributed by atoms with van der Waals surface area (Å²) in [5.41, 5.74) is 4.07. The Balaban J connectivity index is 1.26. The van der Waals surface area contributed by atoms with Crippen molar-refractivity contribution >= 4 is 46.9 Å². The normalized spacial score (nSPS) is 28.9. The summed E-state index contributed by atoms with van der Waals surface area (Å²) in [6.45, 7) is -0.305. The number of halogens is 2. The number of ether oxygens (including phenoxy) is 1. The Bertz CT molecular complexity index is 1300. The van der Waals surface area contributed by atoms with Crippen molar-refractivity contribution in [3.63, 3.8) is 0 Å². The average Bonchev–Trinajstić information content (AvgIpc) is 3.64. The molecule has 1 amide bonds. The van der Waals surface area contributed by atoms with Crippen LogP contribution in [0.3, 0.4) is 0 Å². The molecule has 4 aliphatic rings. The topological polar surface area (TPSA) is 59.0 Å². The number of esters is 1. The Hall–Kier alpha value is -2.89. The Morgan fingerprint density at radius 2 is 1.73 bits per heavy atom. The molecule has 6 rings (SSSR count). The van der Waals surface area contributed by atoms with Crippen molar-refractivity contribution in [2.45, 2.75) is 38.1 Å². The minimum absolute atomic E-state index is 0.0591. The van der Waals surface area contributed by atoms with Gasteiger partial charge in [-0.15, -0.1) is 0 Å². The average molecular weight is 535 g/mol. The first-order valence-electron chi connectivity index (χ1n) is 12.9. The molecule has 2 saturated carbocycles. The number of hydrogen-bond acceptors (Lipinski definition) is 4. The number of carbonyl (C=O) groups is 2. The van der Waals surface area contributed by atoms with Gasteiger partial charge in [-0.3, -0.25) is 9.59 Å². The molecule has 1 aliphatic heterocycles. The number of rotatable bonds is 5. The molecule has 0 radical (unpaired) electrons. The summed E-state index contributed by atoms with van der Waals surface area (Å²) in [6, 6.07) is 15.0. The largest absolute Gasteiger partial charge is 0.455 e. The highest BCUT2D eigenvalue weighted by Gasteiger charge is 2.45. The molecule has 2 fully saturated rings. The van der Waals surface area contributed by atoms with Crippen LogP contribution in [0.2, 0.25) is 10.0 Å². The molecule has 2 bridgehead atoms. The van der Waals surface area contributed by atoms with Crippen LogP contribution in [0.4, 0.5) is 0 Å². The molecule has 0 aromatic heterocycles. The fraction of sp³-hybridized carbons (Fsp3) is 0.367. The molecule has 1 heterocycles. The van der Waals surface area contributed by atoms with E-state index in [0.29, 0.717) is 16.0 Å². The summed E-state index contributed by atoms with van der Waals surface area (Å²) in [7, 11) is 0. The maximum atomic E-state index is 13.5. The highest BCUT2D eigenvalue weighted by molar-refractivity contribution is 6.30. The van der Waals surface area contributed by atoms with Crippen molar-refractivity contribution in [2.75, 3.05) is 6.61 Å². The van der Waals surface area contributed by atoms with Gasteiger partial charge in [-0.1, -0.05) is 59.6 Å². The molecule has 3 aliphatic carbocycles. The monoisotopic (exact) mass is 534 g/mol. The first kappa shape index (κ1) is 24.4. The summed E-state index contributed by atoms with van der Waals surface area (Å²) in [5, 5.41) is 7.74. The second kappa shape index (κ2) is 10.1. The van der Waals surface area contributed by atoms with E-state index in [1.807, 2.05) is 48.5 Å². The third kappa shape index (κ3) is 4.87. The number of carbonyl (C=O) groups excluding carboxylic acids is 2. The number of nitrogens with zero attached hydrogens (tertiary/aromatic N) is 2. The van der Waals surface area contributed by atoms with Crippen LogP contribution in [0.15, 0.2) is 71.4 Å². The third-order valence-corrected chi connectivity index (χ3v) is 8.60. The van der Waals surface area contributed by atoms with Gasteiger partial charge in [0, 0.05) is 16.0 Å². The Morgan fingerprint density at radius 3 is 2.41 bits per heavy atom. The maximum absolute atomic E-state index is 13.5. The number of benzene rings is 2. The van der Waals surface area contributed by atoms with E-state index in [2.05, 4.69) is 18.2 Å². The summed E-state index contributed by atoms with van der Waals surface area (Å²) >= 11 is 12.2. The number of hydrazone groups is 1. The molecule has 0 N–H and O–H groups in total. The van der Waals surface area contributed by atoms with Crippen LogP contribution in [-0.4, -0.2) is 29.2 Å². The zero-order valence-electron chi connectivity index (χ0n) is 20.4. The lowest BCUT2D eigenvalue weighted by Gasteiger charge is -2.29. The zero-order valence-corrected chi connectivity index (χ0v) is 21.9. The lowest BCUT2D eigenvalue weighted by atomic mass is 9.77. The van der Waals surface area contributed by atoms with Gasteiger partial charge in [0.2, 0.25) is 0 Å². The van der Waals surface area contributed by atoms with E-state index in [1.165, 1.54) is 5.01 Å². The fourth-order valence-corrected chi connectivity index (χ4v) is 6.57. The molecule has 5 atom stereocenters. The second-order valence-electron chi connectivity index (χ2n) is 10.4. The van der Waals surface area contributed by atoms with Crippen molar-refractivity contribution in [3.05, 3.63) is 87.4 Å². The van der Waals surface area contributed by atoms with Gasteiger partial charge in [0.05, 0.1) is 17.7 Å². The molecule has 0 spiro atoms. The molecule has 5 nitrogen and oxygen atoms in total. The quantitative estimate of drug-likeness (QED) is 0.310. The predicted octanol–water partition coefficient (Wildman–Crippen LogP) is 6.87. The van der Waals surface area contributed by atoms with E-state index in [0.717, 1.165) is 54.5 Å². The van der Waals surface area contributed by atoms with E-state index >= 15 is 0 Å². The summed E-state index contributed by atoms with van der Waals surface area (Å²) in [4.78, 5) is 26.3. The van der Waals surface area contributed by atoms with Gasteiger partial charge in [-0.2, -0.15) is 5.10 Å². The zero-order chi connectivity index (χ0) is 25.5. The maximum Gasteiger partial charge on any atom is 0.310 e. The first-order chi connectivity index (χ1) is 18.0. The third-order valence-electron chi connectivity index (χ3n) is 8.10. The molecular weight excluding hydrogens is 507 g/mol. The van der Waals surface area contributed by atoms with Crippen molar-refractivity contribution < 1.29 is 14.3 Å². The van der Waals surface area contributed by atoms with Crippen molar-refractivity contribution in [1.29, 1.82) is 0 Å². The van der Waals surface area contributed by atoms with Gasteiger partial charge >= 0.3 is 5.97 Å². The number of hydrogen-bond donors (Lipinski definition) is 0. The highest BCUT2D eigenvalue weighted by atomic mass is 35.5. The van der Waals surface area contributed by atoms with E-state index in [9.17, 15) is 9.59 Å². The molecule has 0 unspecified atom stereocenters. The van der Waals surface area contributed by atoms with Crippen LogP contribution >= 0.6 is 23.2 Å². The number of amides is 1. The van der Waals surface area contributed by atoms with Crippen LogP contribution in [-0.2, 0) is 14.3 Å². The van der Waals surface area contributed by atoms with E-state index < -0.39 is 0 Å². The van der Waals surface area contributed by atoms with Crippen LogP contribution in [0.5, 0.6) is 0 Å². The minimum Gasteiger partial charge on any atom is -0.455 e. The highest BCUT2D eigenvalue weighted by Crippen LogP contribution is 2.45. The Labute approximate surface area is 226 Å². The summed E-state index contributed by atoms with van der Waals surface area (Å²) < 4.78 is 5.56. The predicted molar refractivity (Wildman–Crippen MR) is 145 cm³/mol. The van der Waals surface area contributed by atoms with Crippen molar-refractivity contribution in [1.82, 2.24) is 5.01 Å². The summed E-state index contributed by atoms with van der Waals surface area (Å²) in [6.07, 6.45) is 11.1. The standard InChI is InChI=1S/C30H28Cl2N2O3/c31-23-10-5-18(6-11-23)14-22-2-1-3-25-28(22)33-34(29(25)20-8-12-24(32)13-9-20)27(35)17-37-30(36)26-16-19-4-7-21(26)15-19/h4-14,19,21,25-26,29H,1-3,15-17H2/b22-14-/t19-,21-,25-,26-,29+/m0/s1. The fourth-order valence-electron chi connectivity index (χ4n) is 6.32. The van der Waals surface area contributed by atoms with Crippen LogP contribution in [0.1, 0.15) is 49.3 Å². The van der Waals surface area contributed by atoms with Crippen molar-refractivity contribution in [2.24, 2.45) is 28.8 Å². The smallest absolute Gasteiger partial charge is 0.310 e. The van der Waals surface area contributed by atoms with Gasteiger partial charge in [0.25, 0.3) is 5.91 Å². The first-order valence-corrected chi connectivity index (χ1v) is 13.7. The van der Waals surface area contributed by atoms with Crippen LogP contribution < -0.4 is 0 Å². The van der Waals surface area contributed by atoms with Gasteiger partial charge in [-0.05, 0) is 91.0 Å². The molecule has 2 aromatic rings. The van der Waals surface area contributed by atoms with Crippen LogP contribution in [0.25, 0.3) is 6.08 Å². The molecule has 7 heteroatoms. The molecule has 37 heavy (non-hydrogen) atoms. The molecule has 0 saturated heterocycles. The minimum atomic E-state index is -0.306. The van der Waals surface area contributed by atoms with E-state index in [1.54, 1.807) is 0 Å². The van der Waals surface area contributed by atoms with E-state index in [4.69, 9.17) is 33.0 Å². The number of fused-ring (bicyclic) bond motifs is 3. The van der Waals surface area contributed by atoms with Crippen molar-refractivity contribution in [3.8, 4) is 0 Å². The second-order valence-corrected chi connectivity index (χ2v) is 11.3. The van der Waals surface area contributed by atoms with Gasteiger partial charge in [0.1, 0.15) is 0 Å².